The molecule has 5 heterocycles. The molecule has 1 aromatic carbocycles. The highest BCUT2D eigenvalue weighted by Crippen LogP contribution is 2.33. The second-order valence-corrected chi connectivity index (χ2v) is 11.0. The summed E-state index contributed by atoms with van der Waals surface area (Å²) in [6.07, 6.45) is 0.672. The molecule has 0 bridgehead atoms. The molecule has 8 nitrogen and oxygen atoms in total. The second kappa shape index (κ2) is 9.98. The van der Waals surface area contributed by atoms with Crippen molar-refractivity contribution in [2.24, 2.45) is 0 Å². The maximum Gasteiger partial charge on any atom is 0.393 e. The first-order valence-corrected chi connectivity index (χ1v) is 13.4. The molecule has 39 heavy (non-hydrogen) atoms. The fourth-order valence-electron chi connectivity index (χ4n) is 5.34. The van der Waals surface area contributed by atoms with Gasteiger partial charge in [0.2, 0.25) is 0 Å². The molecule has 6 rings (SSSR count). The third kappa shape index (κ3) is 5.20. The number of hydrogen-bond donors (Lipinski definition) is 2. The average Bonchev–Trinajstić information content (AvgIpc) is 3.68. The van der Waals surface area contributed by atoms with Crippen LogP contribution in [0.25, 0.3) is 21.1 Å². The number of H-pyrrole nitrogens is 1. The lowest BCUT2D eigenvalue weighted by atomic mass is 10.0. The van der Waals surface area contributed by atoms with Crippen molar-refractivity contribution in [1.29, 1.82) is 5.26 Å². The Morgan fingerprint density at radius 2 is 2.08 bits per heavy atom. The molecule has 0 saturated carbocycles. The Bertz CT molecular complexity index is 1680. The topological polar surface area (TPSA) is 98.5 Å². The number of hydrogen-bond acceptors (Lipinski definition) is 7. The number of benzene rings is 1. The van der Waals surface area contributed by atoms with Crippen LogP contribution >= 0.6 is 11.3 Å². The summed E-state index contributed by atoms with van der Waals surface area (Å²) in [6, 6.07) is 10.2. The van der Waals surface area contributed by atoms with Gasteiger partial charge in [-0.15, -0.1) is 11.3 Å². The SMILES string of the molecule is Cc1c(CN2CCC(Nc3ncnc4sc(CC(F)(F)F)cc34)C2)ccc2c1cc(C#N)n2Cc1cn[nH]c1. The molecule has 0 radical (unpaired) electrons. The molecule has 1 aliphatic rings. The summed E-state index contributed by atoms with van der Waals surface area (Å²) in [5.41, 5.74) is 4.98. The van der Waals surface area contributed by atoms with Gasteiger partial charge in [-0.05, 0) is 42.7 Å². The zero-order valence-corrected chi connectivity index (χ0v) is 21.9. The predicted octanol–water partition coefficient (Wildman–Crippen LogP) is 5.39. The van der Waals surface area contributed by atoms with Gasteiger partial charge < -0.3 is 9.88 Å². The van der Waals surface area contributed by atoms with Crippen LogP contribution in [-0.2, 0) is 19.5 Å². The van der Waals surface area contributed by atoms with E-state index in [0.29, 0.717) is 28.3 Å². The highest BCUT2D eigenvalue weighted by molar-refractivity contribution is 7.18. The molecule has 1 atom stereocenters. The third-order valence-electron chi connectivity index (χ3n) is 7.24. The first-order valence-electron chi connectivity index (χ1n) is 12.6. The van der Waals surface area contributed by atoms with Crippen LogP contribution in [0.3, 0.4) is 0 Å². The summed E-state index contributed by atoms with van der Waals surface area (Å²) < 4.78 is 40.7. The molecule has 5 aromatic rings. The molecule has 0 spiro atoms. The van der Waals surface area contributed by atoms with Crippen molar-refractivity contribution in [2.45, 2.75) is 45.1 Å². The monoisotopic (exact) mass is 550 g/mol. The number of nitriles is 1. The van der Waals surface area contributed by atoms with Crippen molar-refractivity contribution in [3.8, 4) is 6.07 Å². The zero-order chi connectivity index (χ0) is 27.1. The Morgan fingerprint density at radius 1 is 1.21 bits per heavy atom. The minimum absolute atomic E-state index is 0.124. The van der Waals surface area contributed by atoms with Crippen molar-refractivity contribution in [3.05, 3.63) is 70.2 Å². The van der Waals surface area contributed by atoms with Gasteiger partial charge in [-0.2, -0.15) is 23.5 Å². The molecule has 2 N–H and O–H groups in total. The van der Waals surface area contributed by atoms with Crippen LogP contribution < -0.4 is 5.32 Å². The highest BCUT2D eigenvalue weighted by atomic mass is 32.1. The van der Waals surface area contributed by atoms with E-state index in [2.05, 4.69) is 55.5 Å². The van der Waals surface area contributed by atoms with Gasteiger partial charge in [-0.1, -0.05) is 6.07 Å². The lowest BCUT2D eigenvalue weighted by Crippen LogP contribution is -2.26. The quantitative estimate of drug-likeness (QED) is 0.282. The summed E-state index contributed by atoms with van der Waals surface area (Å²) in [4.78, 5) is 11.7. The average molecular weight is 551 g/mol. The Kier molecular flexibility index (Phi) is 6.48. The number of aryl methyl sites for hydroxylation is 1. The molecular formula is C27H25F3N8S. The van der Waals surface area contributed by atoms with Crippen LogP contribution in [0.1, 0.15) is 33.7 Å². The lowest BCUT2D eigenvalue weighted by Gasteiger charge is -2.19. The van der Waals surface area contributed by atoms with Gasteiger partial charge in [-0.3, -0.25) is 10.00 Å². The van der Waals surface area contributed by atoms with E-state index >= 15 is 0 Å². The van der Waals surface area contributed by atoms with Crippen molar-refractivity contribution < 1.29 is 13.2 Å². The highest BCUT2D eigenvalue weighted by Gasteiger charge is 2.29. The summed E-state index contributed by atoms with van der Waals surface area (Å²) in [5.74, 6) is 0.581. The molecule has 1 fully saturated rings. The van der Waals surface area contributed by atoms with Gasteiger partial charge in [-0.25, -0.2) is 9.97 Å². The van der Waals surface area contributed by atoms with E-state index in [4.69, 9.17) is 0 Å². The number of anilines is 1. The Morgan fingerprint density at radius 3 is 2.85 bits per heavy atom. The second-order valence-electron chi connectivity index (χ2n) is 9.93. The van der Waals surface area contributed by atoms with Crippen LogP contribution in [0.2, 0.25) is 0 Å². The van der Waals surface area contributed by atoms with E-state index in [1.807, 2.05) is 16.8 Å². The van der Waals surface area contributed by atoms with E-state index in [-0.39, 0.29) is 10.9 Å². The number of rotatable bonds is 7. The van der Waals surface area contributed by atoms with Gasteiger partial charge in [0.1, 0.15) is 28.7 Å². The van der Waals surface area contributed by atoms with Crippen molar-refractivity contribution >= 4 is 38.3 Å². The van der Waals surface area contributed by atoms with E-state index in [1.54, 1.807) is 12.3 Å². The maximum atomic E-state index is 12.9. The largest absolute Gasteiger partial charge is 0.393 e. The molecule has 200 valence electrons. The number of thiophene rings is 1. The molecule has 0 amide bonds. The van der Waals surface area contributed by atoms with E-state index in [0.717, 1.165) is 59.4 Å². The van der Waals surface area contributed by atoms with E-state index in [9.17, 15) is 18.4 Å². The number of likely N-dealkylation sites (tertiary alicyclic amines) is 1. The molecule has 1 saturated heterocycles. The van der Waals surface area contributed by atoms with Crippen LogP contribution in [0.4, 0.5) is 19.0 Å². The van der Waals surface area contributed by atoms with Gasteiger partial charge in [0.25, 0.3) is 0 Å². The summed E-state index contributed by atoms with van der Waals surface area (Å²) in [7, 11) is 0. The molecule has 1 aliphatic heterocycles. The smallest absolute Gasteiger partial charge is 0.365 e. The molecular weight excluding hydrogens is 525 g/mol. The van der Waals surface area contributed by atoms with Gasteiger partial charge in [0.15, 0.2) is 0 Å². The molecule has 1 unspecified atom stereocenters. The fraction of sp³-hybridized carbons (Fsp3) is 0.333. The number of nitrogens with one attached hydrogen (secondary N) is 2. The standard InChI is InChI=1S/C27H25F3N8S/c1-16-18(2-3-24-22(16)6-20(9-31)38(24)12-17-10-34-35-11-17)13-37-5-4-19(14-37)36-25-23-7-21(8-27(28,29)30)39-26(23)33-15-32-25/h2-3,6-7,10-11,15,19H,4-5,8,12-14H2,1H3,(H,34,35)(H,32,33,36). The summed E-state index contributed by atoms with van der Waals surface area (Å²) in [6.45, 7) is 5.10. The summed E-state index contributed by atoms with van der Waals surface area (Å²) in [5, 5.41) is 21.7. The maximum absolute atomic E-state index is 12.9. The fourth-order valence-corrected chi connectivity index (χ4v) is 6.36. The van der Waals surface area contributed by atoms with Crippen LogP contribution in [-0.4, -0.2) is 54.9 Å². The van der Waals surface area contributed by atoms with Crippen LogP contribution in [0, 0.1) is 18.3 Å². The first kappa shape index (κ1) is 25.3. The number of aromatic nitrogens is 5. The molecule has 0 aliphatic carbocycles. The molecule has 4 aromatic heterocycles. The number of nitrogens with zero attached hydrogens (tertiary/aromatic N) is 6. The lowest BCUT2D eigenvalue weighted by molar-refractivity contribution is -0.126. The Balaban J connectivity index is 1.17. The summed E-state index contributed by atoms with van der Waals surface area (Å²) >= 11 is 1.06. The van der Waals surface area contributed by atoms with Crippen molar-refractivity contribution in [2.75, 3.05) is 18.4 Å². The van der Waals surface area contributed by atoms with E-state index in [1.165, 1.54) is 11.9 Å². The number of fused-ring (bicyclic) bond motifs is 2. The van der Waals surface area contributed by atoms with Gasteiger partial charge >= 0.3 is 6.18 Å². The van der Waals surface area contributed by atoms with Crippen LogP contribution in [0.5, 0.6) is 0 Å². The van der Waals surface area contributed by atoms with Gasteiger partial charge in [0, 0.05) is 53.2 Å². The van der Waals surface area contributed by atoms with Crippen molar-refractivity contribution in [3.63, 3.8) is 0 Å². The van der Waals surface area contributed by atoms with Crippen molar-refractivity contribution in [1.82, 2.24) is 29.6 Å². The number of aromatic amines is 1. The molecule has 12 heteroatoms. The van der Waals surface area contributed by atoms with Crippen LogP contribution in [0.15, 0.2) is 43.0 Å². The first-order chi connectivity index (χ1) is 18.8. The van der Waals surface area contributed by atoms with E-state index < -0.39 is 12.6 Å². The minimum Gasteiger partial charge on any atom is -0.365 e. The Labute approximate surface area is 226 Å². The zero-order valence-electron chi connectivity index (χ0n) is 21.1. The predicted molar refractivity (Wildman–Crippen MR) is 144 cm³/mol. The number of halogens is 3. The normalized spacial score (nSPS) is 16.3. The number of alkyl halides is 3. The van der Waals surface area contributed by atoms with Gasteiger partial charge in [0.05, 0.1) is 24.5 Å². The third-order valence-corrected chi connectivity index (χ3v) is 8.28. The Hall–Kier alpha value is -3.95. The minimum atomic E-state index is -4.26.